The first-order valence-electron chi connectivity index (χ1n) is 27.1. The summed E-state index contributed by atoms with van der Waals surface area (Å²) in [6, 6.07) is 27.2. The van der Waals surface area contributed by atoms with Crippen LogP contribution < -0.4 is 0 Å². The standard InChI is InChI=1S/C31H40N2O7S.C30H38N2O5/c1-31(2,3)40-30(35)33(17-18-39-41(5,36)37)20-23-13-9-10-14-24(23)28-27(21-11-7-6-8-12-21)25-16-15-22(29(34)38-4)19-26(25)32-28;1-30(2,3)37-29(35)32(16-17-33)19-22-12-8-9-13-23(22)27-26(20-10-6-5-7-11-20)24-15-14-21(28(34)36-4)18-25(24)31-27/h9-10,13-16,19,21,32H,6-8,11-12,17-18,20H2,1-5H3;8-9,12-15,18,20,31,33H,5-7,10-11,16-17,19H2,1-4H3. The minimum absolute atomic E-state index is 0.0288. The quantitative estimate of drug-likeness (QED) is 0.0470. The van der Waals surface area contributed by atoms with Gasteiger partial charge in [-0.05, 0) is 126 Å². The summed E-state index contributed by atoms with van der Waals surface area (Å²) in [5.74, 6) is 0.00485. The summed E-state index contributed by atoms with van der Waals surface area (Å²) in [6.07, 6.45) is 11.5. The predicted molar refractivity (Wildman–Crippen MR) is 303 cm³/mol. The maximum Gasteiger partial charge on any atom is 0.410 e. The van der Waals surface area contributed by atoms with Gasteiger partial charge in [-0.2, -0.15) is 8.42 Å². The van der Waals surface area contributed by atoms with E-state index in [1.807, 2.05) is 93.6 Å². The molecular formula is C61H78N4O12S. The molecule has 16 nitrogen and oxygen atoms in total. The van der Waals surface area contributed by atoms with Gasteiger partial charge in [-0.1, -0.05) is 99.2 Å². The van der Waals surface area contributed by atoms with Crippen LogP contribution in [-0.2, 0) is 46.3 Å². The molecule has 2 saturated carbocycles. The van der Waals surface area contributed by atoms with Gasteiger partial charge in [0.2, 0.25) is 0 Å². The number of esters is 2. The second kappa shape index (κ2) is 25.8. The lowest BCUT2D eigenvalue weighted by atomic mass is 9.81. The van der Waals surface area contributed by atoms with Crippen molar-refractivity contribution in [3.63, 3.8) is 0 Å². The Hall–Kier alpha value is -6.69. The molecule has 2 fully saturated rings. The Balaban J connectivity index is 0.000000227. The number of aromatic nitrogens is 2. The first-order chi connectivity index (χ1) is 37.1. The molecule has 0 unspecified atom stereocenters. The maximum absolute atomic E-state index is 13.2. The zero-order valence-electron chi connectivity index (χ0n) is 46.8. The molecule has 2 aliphatic rings. The van der Waals surface area contributed by atoms with Crippen molar-refractivity contribution < 1.29 is 55.8 Å². The molecule has 17 heteroatoms. The highest BCUT2D eigenvalue weighted by Gasteiger charge is 2.30. The Morgan fingerprint density at radius 3 is 1.36 bits per heavy atom. The maximum atomic E-state index is 13.2. The molecular weight excluding hydrogens is 1010 g/mol. The van der Waals surface area contributed by atoms with Crippen LogP contribution in [0.15, 0.2) is 84.9 Å². The predicted octanol–water partition coefficient (Wildman–Crippen LogP) is 12.8. The second-order valence-corrected chi connectivity index (χ2v) is 24.0. The van der Waals surface area contributed by atoms with Crippen LogP contribution in [0.25, 0.3) is 44.3 Å². The van der Waals surface area contributed by atoms with Crippen LogP contribution in [0.2, 0.25) is 0 Å². The third-order valence-corrected chi connectivity index (χ3v) is 14.8. The van der Waals surface area contributed by atoms with Crippen LogP contribution >= 0.6 is 0 Å². The Bertz CT molecular complexity index is 3170. The summed E-state index contributed by atoms with van der Waals surface area (Å²) >= 11 is 0. The minimum atomic E-state index is -3.67. The Labute approximate surface area is 459 Å². The number of benzene rings is 4. The molecule has 0 saturated heterocycles. The summed E-state index contributed by atoms with van der Waals surface area (Å²) in [7, 11) is -0.909. The van der Waals surface area contributed by atoms with Gasteiger partial charge in [0.25, 0.3) is 10.1 Å². The van der Waals surface area contributed by atoms with Crippen LogP contribution in [-0.4, -0.2) is 115 Å². The third kappa shape index (κ3) is 15.3. The molecule has 0 spiro atoms. The highest BCUT2D eigenvalue weighted by atomic mass is 32.2. The second-order valence-electron chi connectivity index (χ2n) is 22.4. The van der Waals surface area contributed by atoms with E-state index in [1.54, 1.807) is 31.7 Å². The van der Waals surface area contributed by atoms with Gasteiger partial charge < -0.3 is 43.8 Å². The van der Waals surface area contributed by atoms with E-state index in [0.717, 1.165) is 100 Å². The SMILES string of the molecule is COC(=O)c1ccc2c(C3CCCCC3)c(-c3ccccc3CN(CCO)C(=O)OC(C)(C)C)[nH]c2c1.COC(=O)c1ccc2c(C3CCCCC3)c(-c3ccccc3CN(CCOS(C)(=O)=O)C(=O)OC(C)(C)C)[nH]c2c1. The molecule has 6 aromatic rings. The van der Waals surface area contributed by atoms with Crippen molar-refractivity contribution in [2.24, 2.45) is 0 Å². The third-order valence-electron chi connectivity index (χ3n) is 14.2. The summed E-state index contributed by atoms with van der Waals surface area (Å²) in [6.45, 7) is 11.2. The number of methoxy groups -OCH3 is 2. The average Bonchev–Trinajstić information content (AvgIpc) is 4.13. The molecule has 4 aromatic carbocycles. The summed E-state index contributed by atoms with van der Waals surface area (Å²) < 4.78 is 49.2. The Kier molecular flexibility index (Phi) is 19.5. The number of H-pyrrole nitrogens is 2. The molecule has 2 aliphatic carbocycles. The van der Waals surface area contributed by atoms with E-state index in [2.05, 4.69) is 16.0 Å². The lowest BCUT2D eigenvalue weighted by molar-refractivity contribution is 0.0197. The van der Waals surface area contributed by atoms with Gasteiger partial charge in [0, 0.05) is 59.1 Å². The number of amides is 2. The summed E-state index contributed by atoms with van der Waals surface area (Å²) in [4.78, 5) is 60.8. The van der Waals surface area contributed by atoms with E-state index in [4.69, 9.17) is 23.1 Å². The number of ether oxygens (including phenoxy) is 4. The highest BCUT2D eigenvalue weighted by molar-refractivity contribution is 7.86. The van der Waals surface area contributed by atoms with E-state index >= 15 is 0 Å². The van der Waals surface area contributed by atoms with Gasteiger partial charge in [0.1, 0.15) is 11.2 Å². The minimum Gasteiger partial charge on any atom is -0.465 e. The van der Waals surface area contributed by atoms with Gasteiger partial charge >= 0.3 is 24.1 Å². The fraction of sp³-hybridized carbons (Fsp3) is 0.475. The van der Waals surface area contributed by atoms with Crippen molar-refractivity contribution in [2.75, 3.05) is 46.8 Å². The van der Waals surface area contributed by atoms with Crippen LogP contribution in [0.1, 0.15) is 161 Å². The normalized spacial score (nSPS) is 14.6. The first-order valence-corrected chi connectivity index (χ1v) is 28.9. The number of aliphatic hydroxyl groups excluding tert-OH is 1. The molecule has 2 heterocycles. The first kappa shape index (κ1) is 59.0. The number of hydrogen-bond donors (Lipinski definition) is 3. The van der Waals surface area contributed by atoms with Gasteiger partial charge in [0.05, 0.1) is 56.2 Å². The van der Waals surface area contributed by atoms with Gasteiger partial charge in [-0.15, -0.1) is 0 Å². The van der Waals surface area contributed by atoms with E-state index < -0.39 is 39.5 Å². The molecule has 78 heavy (non-hydrogen) atoms. The number of carbonyl (C=O) groups excluding carboxylic acids is 4. The molecule has 0 bridgehead atoms. The number of fused-ring (bicyclic) bond motifs is 2. The number of aromatic amines is 2. The molecule has 0 atom stereocenters. The Morgan fingerprint density at radius 2 is 0.987 bits per heavy atom. The number of carbonyl (C=O) groups is 4. The average molecular weight is 1090 g/mol. The van der Waals surface area contributed by atoms with Crippen LogP contribution in [0.3, 0.4) is 0 Å². The fourth-order valence-corrected chi connectivity index (χ4v) is 11.1. The van der Waals surface area contributed by atoms with Crippen molar-refractivity contribution >= 4 is 56.0 Å². The van der Waals surface area contributed by atoms with Crippen molar-refractivity contribution in [1.29, 1.82) is 0 Å². The zero-order chi connectivity index (χ0) is 56.4. The highest BCUT2D eigenvalue weighted by Crippen LogP contribution is 2.45. The molecule has 2 aromatic heterocycles. The van der Waals surface area contributed by atoms with E-state index in [1.165, 1.54) is 55.9 Å². The summed E-state index contributed by atoms with van der Waals surface area (Å²) in [5, 5.41) is 11.8. The largest absolute Gasteiger partial charge is 0.465 e. The molecule has 8 rings (SSSR count). The molecule has 420 valence electrons. The van der Waals surface area contributed by atoms with E-state index in [9.17, 15) is 32.7 Å². The van der Waals surface area contributed by atoms with Crippen LogP contribution in [0, 0.1) is 0 Å². The zero-order valence-corrected chi connectivity index (χ0v) is 47.6. The van der Waals surface area contributed by atoms with Gasteiger partial charge in [0.15, 0.2) is 0 Å². The van der Waals surface area contributed by atoms with Crippen LogP contribution in [0.5, 0.6) is 0 Å². The van der Waals surface area contributed by atoms with Crippen LogP contribution in [0.4, 0.5) is 9.59 Å². The topological polar surface area (TPSA) is 207 Å². The lowest BCUT2D eigenvalue weighted by Gasteiger charge is -2.28. The number of hydrogen-bond acceptors (Lipinski definition) is 12. The van der Waals surface area contributed by atoms with Gasteiger partial charge in [-0.25, -0.2) is 19.2 Å². The van der Waals surface area contributed by atoms with Crippen molar-refractivity contribution in [2.45, 2.75) is 142 Å². The number of nitrogens with zero attached hydrogens (tertiary/aromatic N) is 2. The monoisotopic (exact) mass is 1090 g/mol. The molecule has 0 radical (unpaired) electrons. The van der Waals surface area contributed by atoms with Crippen molar-refractivity contribution in [3.05, 3.63) is 118 Å². The van der Waals surface area contributed by atoms with Crippen molar-refractivity contribution in [1.82, 2.24) is 19.8 Å². The lowest BCUT2D eigenvalue weighted by Crippen LogP contribution is -2.38. The Morgan fingerprint density at radius 1 is 0.590 bits per heavy atom. The summed E-state index contributed by atoms with van der Waals surface area (Å²) in [5.41, 5.74) is 9.59. The fourth-order valence-electron chi connectivity index (χ4n) is 10.7. The molecule has 0 aliphatic heterocycles. The smallest absolute Gasteiger partial charge is 0.410 e. The molecule has 2 amide bonds. The number of aliphatic hydroxyl groups is 1. The van der Waals surface area contributed by atoms with E-state index in [-0.39, 0.29) is 38.8 Å². The molecule has 3 N–H and O–H groups in total. The number of nitrogens with one attached hydrogen (secondary N) is 2. The van der Waals surface area contributed by atoms with Gasteiger partial charge in [-0.3, -0.25) is 4.18 Å². The van der Waals surface area contributed by atoms with Crippen molar-refractivity contribution in [3.8, 4) is 22.5 Å². The number of rotatable bonds is 16. The van der Waals surface area contributed by atoms with E-state index in [0.29, 0.717) is 29.5 Å².